The Labute approximate surface area is 187 Å². The number of benzene rings is 3. The molecule has 0 fully saturated rings. The number of nitrogens with one attached hydrogen (secondary N) is 1. The molecular formula is C26H27FN2O3. The molecule has 5 nitrogen and oxygen atoms in total. The van der Waals surface area contributed by atoms with E-state index in [2.05, 4.69) is 5.32 Å². The number of anilines is 2. The van der Waals surface area contributed by atoms with E-state index in [-0.39, 0.29) is 30.4 Å². The van der Waals surface area contributed by atoms with Crippen LogP contribution >= 0.6 is 0 Å². The fraction of sp³-hybridized carbons (Fsp3) is 0.231. The number of likely N-dealkylation sites (N-methyl/N-ethyl adjacent to an activating group) is 1. The van der Waals surface area contributed by atoms with Crippen molar-refractivity contribution in [2.24, 2.45) is 0 Å². The second kappa shape index (κ2) is 11.1. The van der Waals surface area contributed by atoms with Crippen molar-refractivity contribution < 1.29 is 18.7 Å². The van der Waals surface area contributed by atoms with E-state index in [4.69, 9.17) is 4.74 Å². The first kappa shape index (κ1) is 23.0. The summed E-state index contributed by atoms with van der Waals surface area (Å²) in [6.07, 6.45) is 0.931. The molecule has 32 heavy (non-hydrogen) atoms. The number of hydrogen-bond donors (Lipinski definition) is 1. The highest BCUT2D eigenvalue weighted by Gasteiger charge is 2.14. The van der Waals surface area contributed by atoms with Crippen LogP contribution in [0.2, 0.25) is 0 Å². The number of para-hydroxylation sites is 1. The number of methoxy groups -OCH3 is 1. The van der Waals surface area contributed by atoms with Crippen molar-refractivity contribution >= 4 is 23.2 Å². The molecule has 0 aromatic heterocycles. The maximum absolute atomic E-state index is 13.8. The number of aryl methyl sites for hydroxylation is 1. The summed E-state index contributed by atoms with van der Waals surface area (Å²) in [4.78, 5) is 26.7. The largest absolute Gasteiger partial charge is 0.494 e. The lowest BCUT2D eigenvalue weighted by atomic mass is 10.1. The van der Waals surface area contributed by atoms with Crippen molar-refractivity contribution in [1.29, 1.82) is 0 Å². The molecule has 166 valence electrons. The van der Waals surface area contributed by atoms with Gasteiger partial charge in [0.1, 0.15) is 0 Å². The maximum Gasteiger partial charge on any atom is 0.231 e. The molecule has 0 aliphatic carbocycles. The molecule has 0 bridgehead atoms. The van der Waals surface area contributed by atoms with Crippen LogP contribution in [0, 0.1) is 5.82 Å². The molecule has 0 heterocycles. The molecular weight excluding hydrogens is 407 g/mol. The SMILES string of the molecule is CCN(C(=O)Cc1ccc(NC(=O)CCc2ccc(OC)c(F)c2)cc1)c1ccccc1. The summed E-state index contributed by atoms with van der Waals surface area (Å²) in [6.45, 7) is 2.54. The summed E-state index contributed by atoms with van der Waals surface area (Å²) in [5.74, 6) is -0.402. The second-order valence-corrected chi connectivity index (χ2v) is 7.36. The van der Waals surface area contributed by atoms with Crippen LogP contribution in [-0.2, 0) is 22.4 Å². The van der Waals surface area contributed by atoms with Gasteiger partial charge in [0.25, 0.3) is 0 Å². The van der Waals surface area contributed by atoms with E-state index < -0.39 is 5.82 Å². The van der Waals surface area contributed by atoms with E-state index in [1.807, 2.05) is 49.4 Å². The van der Waals surface area contributed by atoms with Gasteiger partial charge >= 0.3 is 0 Å². The fourth-order valence-electron chi connectivity index (χ4n) is 3.43. The number of carbonyl (C=O) groups excluding carboxylic acids is 2. The van der Waals surface area contributed by atoms with E-state index >= 15 is 0 Å². The Kier molecular flexibility index (Phi) is 7.97. The Bertz CT molecular complexity index is 1050. The third kappa shape index (κ3) is 6.17. The van der Waals surface area contributed by atoms with Crippen molar-refractivity contribution in [2.45, 2.75) is 26.2 Å². The first-order valence-corrected chi connectivity index (χ1v) is 10.6. The van der Waals surface area contributed by atoms with E-state index in [1.165, 1.54) is 13.2 Å². The first-order chi connectivity index (χ1) is 15.5. The smallest absolute Gasteiger partial charge is 0.231 e. The zero-order valence-corrected chi connectivity index (χ0v) is 18.3. The number of nitrogens with zero attached hydrogens (tertiary/aromatic N) is 1. The predicted octanol–water partition coefficient (Wildman–Crippen LogP) is 5.00. The zero-order chi connectivity index (χ0) is 22.9. The Balaban J connectivity index is 1.52. The topological polar surface area (TPSA) is 58.6 Å². The third-order valence-electron chi connectivity index (χ3n) is 5.14. The zero-order valence-electron chi connectivity index (χ0n) is 18.3. The minimum atomic E-state index is -0.440. The normalized spacial score (nSPS) is 10.5. The number of rotatable bonds is 9. The highest BCUT2D eigenvalue weighted by atomic mass is 19.1. The van der Waals surface area contributed by atoms with Gasteiger partial charge in [-0.1, -0.05) is 36.4 Å². The maximum atomic E-state index is 13.8. The van der Waals surface area contributed by atoms with Crippen LogP contribution in [0.3, 0.4) is 0 Å². The highest BCUT2D eigenvalue weighted by Crippen LogP contribution is 2.19. The summed E-state index contributed by atoms with van der Waals surface area (Å²) >= 11 is 0. The van der Waals surface area contributed by atoms with E-state index in [1.54, 1.807) is 29.2 Å². The van der Waals surface area contributed by atoms with Gasteiger partial charge in [0.2, 0.25) is 11.8 Å². The quantitative estimate of drug-likeness (QED) is 0.516. The molecule has 2 amide bonds. The highest BCUT2D eigenvalue weighted by molar-refractivity contribution is 5.95. The molecule has 0 radical (unpaired) electrons. The Hall–Kier alpha value is -3.67. The van der Waals surface area contributed by atoms with E-state index in [9.17, 15) is 14.0 Å². The average molecular weight is 435 g/mol. The molecule has 3 rings (SSSR count). The fourth-order valence-corrected chi connectivity index (χ4v) is 3.43. The lowest BCUT2D eigenvalue weighted by Crippen LogP contribution is -2.31. The monoisotopic (exact) mass is 434 g/mol. The number of hydrogen-bond acceptors (Lipinski definition) is 3. The van der Waals surface area contributed by atoms with E-state index in [0.717, 1.165) is 16.8 Å². The molecule has 3 aromatic rings. The molecule has 0 saturated carbocycles. The summed E-state index contributed by atoms with van der Waals surface area (Å²) in [5, 5.41) is 2.84. The van der Waals surface area contributed by atoms with Gasteiger partial charge in [-0.3, -0.25) is 9.59 Å². The number of amides is 2. The number of ether oxygens (including phenoxy) is 1. The molecule has 0 unspecified atom stereocenters. The Morgan fingerprint density at radius 3 is 2.28 bits per heavy atom. The van der Waals surface area contributed by atoms with Crippen LogP contribution in [0.5, 0.6) is 5.75 Å². The van der Waals surface area contributed by atoms with Crippen LogP contribution in [0.15, 0.2) is 72.8 Å². The Morgan fingerprint density at radius 2 is 1.66 bits per heavy atom. The molecule has 0 aliphatic rings. The van der Waals surface area contributed by atoms with Crippen molar-refractivity contribution in [1.82, 2.24) is 0 Å². The first-order valence-electron chi connectivity index (χ1n) is 10.6. The van der Waals surface area contributed by atoms with Gasteiger partial charge in [0, 0.05) is 24.3 Å². The molecule has 0 atom stereocenters. The summed E-state index contributed by atoms with van der Waals surface area (Å²) in [6, 6.07) is 21.5. The summed E-state index contributed by atoms with van der Waals surface area (Å²) < 4.78 is 18.7. The minimum absolute atomic E-state index is 0.0159. The predicted molar refractivity (Wildman–Crippen MR) is 125 cm³/mol. The average Bonchev–Trinajstić information content (AvgIpc) is 2.80. The molecule has 0 aliphatic heterocycles. The standard InChI is InChI=1S/C26H27FN2O3/c1-3-29(22-7-5-4-6-8-22)26(31)18-20-9-13-21(14-10-20)28-25(30)16-12-19-11-15-24(32-2)23(27)17-19/h4-11,13-15,17H,3,12,16,18H2,1-2H3,(H,28,30). The summed E-state index contributed by atoms with van der Waals surface area (Å²) in [5.41, 5.74) is 3.13. The van der Waals surface area contributed by atoms with Gasteiger partial charge < -0.3 is 15.0 Å². The van der Waals surface area contributed by atoms with Gasteiger partial charge in [0.05, 0.1) is 13.5 Å². The van der Waals surface area contributed by atoms with E-state index in [0.29, 0.717) is 18.7 Å². The molecule has 0 spiro atoms. The van der Waals surface area contributed by atoms with Gasteiger partial charge in [-0.05, 0) is 60.9 Å². The Morgan fingerprint density at radius 1 is 0.969 bits per heavy atom. The number of carbonyl (C=O) groups is 2. The van der Waals surface area contributed by atoms with Crippen LogP contribution in [-0.4, -0.2) is 25.5 Å². The van der Waals surface area contributed by atoms with Gasteiger partial charge in [0.15, 0.2) is 11.6 Å². The van der Waals surface area contributed by atoms with Crippen molar-refractivity contribution in [3.63, 3.8) is 0 Å². The molecule has 6 heteroatoms. The van der Waals surface area contributed by atoms with Crippen LogP contribution in [0.1, 0.15) is 24.5 Å². The lowest BCUT2D eigenvalue weighted by molar-refractivity contribution is -0.118. The van der Waals surface area contributed by atoms with Crippen molar-refractivity contribution in [3.8, 4) is 5.75 Å². The third-order valence-corrected chi connectivity index (χ3v) is 5.14. The van der Waals surface area contributed by atoms with Crippen LogP contribution < -0.4 is 15.0 Å². The van der Waals surface area contributed by atoms with Crippen LogP contribution in [0.25, 0.3) is 0 Å². The van der Waals surface area contributed by atoms with Crippen molar-refractivity contribution in [3.05, 3.63) is 89.7 Å². The minimum Gasteiger partial charge on any atom is -0.494 e. The van der Waals surface area contributed by atoms with Crippen LogP contribution in [0.4, 0.5) is 15.8 Å². The second-order valence-electron chi connectivity index (χ2n) is 7.36. The number of halogens is 1. The van der Waals surface area contributed by atoms with Crippen molar-refractivity contribution in [2.75, 3.05) is 23.9 Å². The molecule has 0 saturated heterocycles. The van der Waals surface area contributed by atoms with Gasteiger partial charge in [-0.2, -0.15) is 0 Å². The molecule has 3 aromatic carbocycles. The van der Waals surface area contributed by atoms with Gasteiger partial charge in [-0.15, -0.1) is 0 Å². The molecule has 1 N–H and O–H groups in total. The summed E-state index contributed by atoms with van der Waals surface area (Å²) in [7, 11) is 1.41. The van der Waals surface area contributed by atoms with Gasteiger partial charge in [-0.25, -0.2) is 4.39 Å². The lowest BCUT2D eigenvalue weighted by Gasteiger charge is -2.21.